The van der Waals surface area contributed by atoms with Gasteiger partial charge < -0.3 is 24.8 Å². The van der Waals surface area contributed by atoms with Crippen molar-refractivity contribution in [2.45, 2.75) is 39.5 Å². The molecule has 0 nitrogen and oxygen atoms in total. The van der Waals surface area contributed by atoms with Crippen LogP contribution in [0.25, 0.3) is 10.8 Å². The number of rotatable bonds is 7. The van der Waals surface area contributed by atoms with Gasteiger partial charge in [0.15, 0.2) is 0 Å². The van der Waals surface area contributed by atoms with Crippen LogP contribution in [0.3, 0.4) is 0 Å². The van der Waals surface area contributed by atoms with Crippen molar-refractivity contribution in [2.75, 3.05) is 12.3 Å². The standard InChI is InChI=1S/C17H24P.C5H5.2ClH.Hf/c1-3-5-11-18(12-6-4-2)17-13-15-9-7-8-10-16(15)14-17;1-2-4-5-3-1;;;/h7-10,13-14H,3-6,11-12H2,1-2H3;1-5H;2*1H;/q2*-1;;;+4/p-2. The average molecular weight is 574 g/mol. The molecule has 4 heteroatoms. The van der Waals surface area contributed by atoms with Gasteiger partial charge in [-0.05, 0) is 25.2 Å². The normalized spacial score (nSPS) is 9.50. The Morgan fingerprint density at radius 1 is 0.846 bits per heavy atom. The molecule has 0 aromatic heterocycles. The van der Waals surface area contributed by atoms with E-state index in [1.807, 2.05) is 30.3 Å². The van der Waals surface area contributed by atoms with Crippen LogP contribution >= 0.6 is 7.92 Å². The molecule has 0 fully saturated rings. The topological polar surface area (TPSA) is 0 Å². The Bertz CT molecular complexity index is 591. The molecule has 0 unspecified atom stereocenters. The number of unbranched alkanes of at least 4 members (excludes halogenated alkanes) is 2. The first kappa shape index (κ1) is 28.3. The van der Waals surface area contributed by atoms with Gasteiger partial charge >= 0.3 is 25.8 Å². The molecule has 0 heterocycles. The van der Waals surface area contributed by atoms with E-state index in [2.05, 4.69) is 50.2 Å². The fourth-order valence-electron chi connectivity index (χ4n) is 2.71. The summed E-state index contributed by atoms with van der Waals surface area (Å²) in [5.74, 6) is 0. The molecule has 0 spiro atoms. The predicted octanol–water partition coefficient (Wildman–Crippen LogP) is 0.677. The van der Waals surface area contributed by atoms with E-state index in [1.165, 1.54) is 48.8 Å². The van der Waals surface area contributed by atoms with Gasteiger partial charge in [-0.2, -0.15) is 24.3 Å². The predicted molar refractivity (Wildman–Crippen MR) is 108 cm³/mol. The summed E-state index contributed by atoms with van der Waals surface area (Å²) in [6.07, 6.45) is 8.26. The van der Waals surface area contributed by atoms with Gasteiger partial charge in [0.25, 0.3) is 0 Å². The van der Waals surface area contributed by atoms with Crippen LogP contribution < -0.4 is 30.1 Å². The molecule has 0 aliphatic carbocycles. The van der Waals surface area contributed by atoms with E-state index < -0.39 is 0 Å². The van der Waals surface area contributed by atoms with Crippen molar-refractivity contribution in [1.29, 1.82) is 0 Å². The molecule has 3 aromatic carbocycles. The fraction of sp³-hybridized carbons (Fsp3) is 0.364. The summed E-state index contributed by atoms with van der Waals surface area (Å²) in [6, 6.07) is 23.6. The molecule has 0 amide bonds. The van der Waals surface area contributed by atoms with Crippen LogP contribution in [0.4, 0.5) is 0 Å². The Balaban J connectivity index is 0. The van der Waals surface area contributed by atoms with Crippen LogP contribution in [0.2, 0.25) is 0 Å². The quantitative estimate of drug-likeness (QED) is 0.222. The van der Waals surface area contributed by atoms with E-state index in [4.69, 9.17) is 0 Å². The van der Waals surface area contributed by atoms with Gasteiger partial charge in [0.2, 0.25) is 0 Å². The van der Waals surface area contributed by atoms with Crippen molar-refractivity contribution in [1.82, 2.24) is 0 Å². The summed E-state index contributed by atoms with van der Waals surface area (Å²) >= 11 is 0. The zero-order valence-corrected chi connectivity index (χ0v) is 21.8. The molecule has 0 bridgehead atoms. The molecule has 0 saturated heterocycles. The molecule has 3 rings (SSSR count). The minimum absolute atomic E-state index is 0. The number of benzene rings is 1. The molecule has 26 heavy (non-hydrogen) atoms. The van der Waals surface area contributed by atoms with Gasteiger partial charge in [0.05, 0.1) is 0 Å². The maximum absolute atomic E-state index is 2.44. The average Bonchev–Trinajstić information content (AvgIpc) is 3.27. The summed E-state index contributed by atoms with van der Waals surface area (Å²) < 4.78 is 0. The van der Waals surface area contributed by atoms with Gasteiger partial charge in [-0.25, -0.2) is 12.1 Å². The molecule has 0 aliphatic heterocycles. The van der Waals surface area contributed by atoms with Crippen molar-refractivity contribution in [3.05, 3.63) is 66.7 Å². The fourth-order valence-corrected chi connectivity index (χ4v) is 5.48. The summed E-state index contributed by atoms with van der Waals surface area (Å²) in [5, 5.41) is 4.48. The summed E-state index contributed by atoms with van der Waals surface area (Å²) in [5.41, 5.74) is 0. The van der Waals surface area contributed by atoms with Crippen molar-refractivity contribution >= 4 is 24.0 Å². The Kier molecular flexibility index (Phi) is 18.7. The monoisotopic (exact) mass is 574 g/mol. The van der Waals surface area contributed by atoms with Gasteiger partial charge in [-0.1, -0.05) is 40.7 Å². The first-order valence-electron chi connectivity index (χ1n) is 8.92. The molecule has 0 aliphatic rings. The van der Waals surface area contributed by atoms with Crippen LogP contribution in [0.1, 0.15) is 39.5 Å². The van der Waals surface area contributed by atoms with Crippen molar-refractivity contribution in [3.8, 4) is 0 Å². The van der Waals surface area contributed by atoms with Gasteiger partial charge in [0.1, 0.15) is 0 Å². The molecule has 0 N–H and O–H groups in total. The third-order valence-corrected chi connectivity index (χ3v) is 6.79. The molecule has 0 saturated carbocycles. The number of halogens is 2. The van der Waals surface area contributed by atoms with E-state index in [1.54, 1.807) is 5.30 Å². The zero-order chi connectivity index (χ0) is 16.3. The second-order valence-corrected chi connectivity index (χ2v) is 8.49. The molecular formula is C22H29Cl2HfP. The minimum Gasteiger partial charge on any atom is -1.00 e. The second-order valence-electron chi connectivity index (χ2n) is 6.00. The number of hydrogen-bond donors (Lipinski definition) is 0. The van der Waals surface area contributed by atoms with Crippen LogP contribution in [0, 0.1) is 0 Å². The van der Waals surface area contributed by atoms with Crippen LogP contribution in [0.5, 0.6) is 0 Å². The number of fused-ring (bicyclic) bond motifs is 1. The molecule has 3 aromatic rings. The first-order valence-corrected chi connectivity index (χ1v) is 10.6. The third kappa shape index (κ3) is 9.84. The molecule has 0 atom stereocenters. The van der Waals surface area contributed by atoms with E-state index in [-0.39, 0.29) is 58.6 Å². The maximum Gasteiger partial charge on any atom is 4.00 e. The third-order valence-electron chi connectivity index (χ3n) is 4.09. The Morgan fingerprint density at radius 2 is 1.42 bits per heavy atom. The Hall–Kier alpha value is 0.0601. The van der Waals surface area contributed by atoms with Crippen LogP contribution in [-0.2, 0) is 25.8 Å². The van der Waals surface area contributed by atoms with Crippen molar-refractivity contribution < 1.29 is 50.7 Å². The number of hydrogen-bond acceptors (Lipinski definition) is 0. The molecule has 140 valence electrons. The second kappa shape index (κ2) is 17.2. The van der Waals surface area contributed by atoms with Crippen molar-refractivity contribution in [3.63, 3.8) is 0 Å². The maximum atomic E-state index is 2.44. The Morgan fingerprint density at radius 3 is 1.88 bits per heavy atom. The van der Waals surface area contributed by atoms with E-state index in [0.29, 0.717) is 0 Å². The zero-order valence-electron chi connectivity index (χ0n) is 15.8. The SMILES string of the molecule is CCCCP(CCCC)c1cc2ccccc2[cH-]1.[Cl-].[Cl-].[Hf+4].c1cc[cH-]c1. The molecule has 0 radical (unpaired) electrons. The smallest absolute Gasteiger partial charge is 1.00 e. The largest absolute Gasteiger partial charge is 4.00 e. The van der Waals surface area contributed by atoms with Gasteiger partial charge in [-0.15, -0.1) is 40.3 Å². The van der Waals surface area contributed by atoms with Crippen molar-refractivity contribution in [2.24, 2.45) is 0 Å². The summed E-state index contributed by atoms with van der Waals surface area (Å²) in [4.78, 5) is 0. The van der Waals surface area contributed by atoms with Crippen LogP contribution in [0.15, 0.2) is 66.7 Å². The molecular weight excluding hydrogens is 545 g/mol. The van der Waals surface area contributed by atoms with Crippen LogP contribution in [-0.4, -0.2) is 12.3 Å². The van der Waals surface area contributed by atoms with Gasteiger partial charge in [-0.3, -0.25) is 0 Å². The first-order chi connectivity index (χ1) is 11.3. The summed E-state index contributed by atoms with van der Waals surface area (Å²) in [7, 11) is 0.0856. The van der Waals surface area contributed by atoms with E-state index in [9.17, 15) is 0 Å². The minimum atomic E-state index is 0. The van der Waals surface area contributed by atoms with E-state index in [0.717, 1.165) is 0 Å². The van der Waals surface area contributed by atoms with Gasteiger partial charge in [0, 0.05) is 0 Å². The van der Waals surface area contributed by atoms with E-state index >= 15 is 0 Å². The summed E-state index contributed by atoms with van der Waals surface area (Å²) in [6.45, 7) is 4.60. The Labute approximate surface area is 192 Å².